The third-order valence-corrected chi connectivity index (χ3v) is 11.0. The Labute approximate surface area is 501 Å². The van der Waals surface area contributed by atoms with Gasteiger partial charge >= 0.3 is 42.5 Å². The molecule has 1 amide bonds. The molecule has 26 heteroatoms. The first-order valence-electron chi connectivity index (χ1n) is 26.7. The fraction of sp³-hybridized carbons (Fsp3) is 0.500. The minimum Gasteiger partial charge on any atom is -0.550 e. The molecule has 1 aliphatic rings. The number of cyclic esters (lactones) is 2. The number of carboxylic acid groups (broad SMARTS) is 1. The largest absolute Gasteiger partial charge is 0.550 e. The highest BCUT2D eigenvalue weighted by molar-refractivity contribution is 5.94. The van der Waals surface area contributed by atoms with E-state index in [0.717, 1.165) is 40.3 Å². The van der Waals surface area contributed by atoms with Crippen LogP contribution in [0.5, 0.6) is 0 Å². The van der Waals surface area contributed by atoms with E-state index in [9.17, 15) is 43.8 Å². The lowest BCUT2D eigenvalue weighted by Gasteiger charge is -2.29. The summed E-state index contributed by atoms with van der Waals surface area (Å²) < 4.78 is 49.3. The average Bonchev–Trinajstić information content (AvgIpc) is 3.59. The molecular weight excluding hydrogens is 1130 g/mol. The summed E-state index contributed by atoms with van der Waals surface area (Å²) in [6, 6.07) is 22.8. The minimum absolute atomic E-state index is 0.0192. The van der Waals surface area contributed by atoms with Gasteiger partial charge < -0.3 is 72.6 Å². The fourth-order valence-electron chi connectivity index (χ4n) is 5.62. The van der Waals surface area contributed by atoms with E-state index in [2.05, 4.69) is 26.4 Å². The summed E-state index contributed by atoms with van der Waals surface area (Å²) in [6.45, 7) is 21.7. The highest BCUT2D eigenvalue weighted by Gasteiger charge is 2.42. The Bertz CT molecular complexity index is 2550. The van der Waals surface area contributed by atoms with Gasteiger partial charge in [-0.25, -0.2) is 24.2 Å². The summed E-state index contributed by atoms with van der Waals surface area (Å²) in [5, 5.41) is 44.1. The number of carbonyl (C=O) groups is 8. The van der Waals surface area contributed by atoms with Crippen molar-refractivity contribution in [1.82, 2.24) is 5.32 Å². The Hall–Kier alpha value is -8.62. The molecule has 86 heavy (non-hydrogen) atoms. The van der Waals surface area contributed by atoms with Gasteiger partial charge in [0.05, 0.1) is 32.8 Å². The van der Waals surface area contributed by atoms with Crippen LogP contribution >= 0.6 is 0 Å². The molecule has 1 heterocycles. The van der Waals surface area contributed by atoms with Crippen LogP contribution in [0, 0.1) is 37.0 Å². The van der Waals surface area contributed by atoms with E-state index in [0.29, 0.717) is 6.42 Å². The average molecular weight is 1220 g/mol. The van der Waals surface area contributed by atoms with Crippen LogP contribution in [0.1, 0.15) is 109 Å². The van der Waals surface area contributed by atoms with Gasteiger partial charge in [-0.1, -0.05) is 95.1 Å². The molecule has 4 rings (SSSR count). The van der Waals surface area contributed by atoms with Crippen molar-refractivity contribution in [3.8, 4) is 0 Å². The van der Waals surface area contributed by atoms with Crippen LogP contribution in [0.15, 0.2) is 89.9 Å². The first-order chi connectivity index (χ1) is 40.1. The van der Waals surface area contributed by atoms with Crippen LogP contribution < -0.4 is 21.6 Å². The Morgan fingerprint density at radius 1 is 0.663 bits per heavy atom. The zero-order chi connectivity index (χ0) is 65.7. The number of aliphatic carboxylic acids is 1. The Kier molecular flexibility index (Phi) is 35.8. The molecule has 8 N–H and O–H groups in total. The van der Waals surface area contributed by atoms with E-state index in [-0.39, 0.29) is 84.3 Å². The van der Waals surface area contributed by atoms with Crippen LogP contribution in [0.4, 0.5) is 19.2 Å². The number of hydrogen-bond donors (Lipinski definition) is 6. The molecule has 3 aromatic rings. The van der Waals surface area contributed by atoms with Crippen LogP contribution in [0.2, 0.25) is 0 Å². The second-order valence-corrected chi connectivity index (χ2v) is 21.3. The van der Waals surface area contributed by atoms with Crippen LogP contribution in [0.25, 0.3) is 0 Å². The first-order valence-corrected chi connectivity index (χ1v) is 26.7. The lowest BCUT2D eigenvalue weighted by atomic mass is 9.93. The number of alkyl carbamates (subject to hydrolysis) is 1. The third kappa shape index (κ3) is 35.5. The standard InChI is InChI=1S/C19H26O6.C17H24N2O6.C14H22N2O7.C8H10O.C2H4O2/c1-14(2)9-10-23-17(21)19(4,12-20)13-25-18(22)24-11-16-7-5-15(3)6-8-16;1-12-3-5-13(6-4-12)9-24-16(22)25-11-17(2,10-20)15(21)23-8-7-14(18)19;1-9(16-11(18)23-13(2,3)4)15-8-22-10(17)14(5)6-20-12(19)21-7-14;1-7-2-4-8(6-9)5-3-7;1-2(3)4/h5-8,20H,1,9-13H2,2-4H3;3-6,20H,7-11H2,1-2H3,(H3,18,19);6-8H2,1-5H3,(H,15,16,18);2-5,9H,6H2,1H3;1H3,(H,3,4). The summed E-state index contributed by atoms with van der Waals surface area (Å²) in [4.78, 5) is 94.4. The van der Waals surface area contributed by atoms with Crippen LogP contribution in [0.3, 0.4) is 0 Å². The number of esters is 3. The van der Waals surface area contributed by atoms with Crippen molar-refractivity contribution in [3.05, 3.63) is 118 Å². The number of benzene rings is 3. The molecule has 0 bridgehead atoms. The quantitative estimate of drug-likeness (QED) is 0.0261. The molecule has 26 nitrogen and oxygen atoms in total. The van der Waals surface area contributed by atoms with Gasteiger partial charge in [-0.05, 0) is 99.8 Å². The summed E-state index contributed by atoms with van der Waals surface area (Å²) in [7, 11) is 0. The van der Waals surface area contributed by atoms with Gasteiger partial charge in [-0.2, -0.15) is 0 Å². The number of rotatable bonds is 22. The summed E-state index contributed by atoms with van der Waals surface area (Å²) in [6.07, 6.45) is -2.57. The van der Waals surface area contributed by atoms with E-state index in [1.54, 1.807) is 27.7 Å². The lowest BCUT2D eigenvalue weighted by Crippen LogP contribution is -2.46. The number of aliphatic hydroxyl groups excluding tert-OH is 3. The summed E-state index contributed by atoms with van der Waals surface area (Å²) in [5.41, 5.74) is 7.77. The Balaban J connectivity index is 0.00000114. The molecule has 0 aromatic heterocycles. The van der Waals surface area contributed by atoms with E-state index < -0.39 is 83.5 Å². The molecule has 0 saturated carbocycles. The van der Waals surface area contributed by atoms with Gasteiger partial charge in [-0.15, -0.1) is 6.58 Å². The van der Waals surface area contributed by atoms with Gasteiger partial charge in [0.2, 0.25) is 5.84 Å². The molecule has 478 valence electrons. The Morgan fingerprint density at radius 2 is 1.05 bits per heavy atom. The number of aliphatic hydroxyl groups is 3. The number of aryl methyl sites for hydroxylation is 3. The number of amides is 1. The number of hydrogen-bond acceptors (Lipinski definition) is 23. The van der Waals surface area contributed by atoms with Crippen molar-refractivity contribution < 1.29 is 112 Å². The molecule has 1 saturated heterocycles. The zero-order valence-electron chi connectivity index (χ0n) is 51.2. The smallest absolute Gasteiger partial charge is 0.508 e. The molecule has 3 aromatic carbocycles. The number of ether oxygens (including phenoxy) is 10. The summed E-state index contributed by atoms with van der Waals surface area (Å²) in [5.74, 6) is -2.68. The number of aliphatic imine (C=N–C) groups is 1. The maximum atomic E-state index is 12.1. The monoisotopic (exact) mass is 1210 g/mol. The molecule has 2 atom stereocenters. The predicted molar refractivity (Wildman–Crippen MR) is 309 cm³/mol. The number of nitrogens with zero attached hydrogens (tertiary/aromatic N) is 1. The number of carbonyl (C=O) groups excluding carboxylic acids is 8. The highest BCUT2D eigenvalue weighted by Crippen LogP contribution is 2.25. The van der Waals surface area contributed by atoms with E-state index in [4.69, 9.17) is 64.0 Å². The SMILES string of the molecule is C=C(C)CCOC(=O)C(C)(CO)COC(=O)OCc1ccc(C)cc1.CC(=NCOC(=O)C1(C)COC(=O)OC1)NC(=O)OC(C)(C)C.CC(=O)[O-].Cc1ccc(CO)cc1.Cc1ccc(COC(=O)OCC(C)(CO)C(=O)OCCC(N)=[NH2+])cc1. The summed E-state index contributed by atoms with van der Waals surface area (Å²) >= 11 is 0. The molecule has 0 spiro atoms. The second-order valence-electron chi connectivity index (χ2n) is 21.3. The van der Waals surface area contributed by atoms with Crippen molar-refractivity contribution >= 4 is 60.1 Å². The van der Waals surface area contributed by atoms with Crippen molar-refractivity contribution in [3.63, 3.8) is 0 Å². The van der Waals surface area contributed by atoms with Crippen molar-refractivity contribution in [2.45, 2.75) is 121 Å². The maximum absolute atomic E-state index is 12.1. The molecule has 0 radical (unpaired) electrons. The number of amidine groups is 2. The van der Waals surface area contributed by atoms with Gasteiger partial charge in [-0.3, -0.25) is 30.8 Å². The third-order valence-electron chi connectivity index (χ3n) is 11.0. The normalized spacial score (nSPS) is 13.4. The topological polar surface area (TPSA) is 389 Å². The minimum atomic E-state index is -1.40. The molecule has 0 aliphatic carbocycles. The van der Waals surface area contributed by atoms with Crippen LogP contribution in [-0.2, 0) is 86.4 Å². The molecule has 1 aliphatic heterocycles. The van der Waals surface area contributed by atoms with Gasteiger partial charge in [0.15, 0.2) is 6.73 Å². The maximum Gasteiger partial charge on any atom is 0.508 e. The van der Waals surface area contributed by atoms with Crippen LogP contribution in [-0.4, -0.2) is 141 Å². The number of nitrogens with one attached hydrogen (secondary N) is 1. The van der Waals surface area contributed by atoms with Gasteiger partial charge in [0.1, 0.15) is 73.9 Å². The van der Waals surface area contributed by atoms with Crippen molar-refractivity contribution in [2.24, 2.45) is 27.0 Å². The van der Waals surface area contributed by atoms with Gasteiger partial charge in [0.25, 0.3) is 0 Å². The second kappa shape index (κ2) is 39.8. The van der Waals surface area contributed by atoms with E-state index in [1.807, 2.05) is 100 Å². The highest BCUT2D eigenvalue weighted by atomic mass is 16.7. The Morgan fingerprint density at radius 3 is 1.40 bits per heavy atom. The van der Waals surface area contributed by atoms with Crippen molar-refractivity contribution in [2.75, 3.05) is 59.6 Å². The molecular formula is C60H86N4O22. The number of nitrogens with two attached hydrogens (primary N) is 2. The first kappa shape index (κ1) is 77.4. The lowest BCUT2D eigenvalue weighted by molar-refractivity contribution is -0.302. The van der Waals surface area contributed by atoms with E-state index >= 15 is 0 Å². The molecule has 2 unspecified atom stereocenters. The molecule has 1 fully saturated rings. The van der Waals surface area contributed by atoms with Gasteiger partial charge in [0, 0.05) is 12.4 Å². The number of carboxylic acids is 1. The predicted octanol–water partition coefficient (Wildman–Crippen LogP) is 4.70. The zero-order valence-corrected chi connectivity index (χ0v) is 51.2. The van der Waals surface area contributed by atoms with E-state index in [1.165, 1.54) is 26.3 Å². The fourth-order valence-corrected chi connectivity index (χ4v) is 5.62. The van der Waals surface area contributed by atoms with Crippen molar-refractivity contribution in [1.29, 1.82) is 0 Å².